The second kappa shape index (κ2) is 5.71. The summed E-state index contributed by atoms with van der Waals surface area (Å²) in [5.74, 6) is -0.647. The lowest BCUT2D eigenvalue weighted by Crippen LogP contribution is -2.45. The molecule has 19 heavy (non-hydrogen) atoms. The first kappa shape index (κ1) is 14.0. The van der Waals surface area contributed by atoms with E-state index in [1.54, 1.807) is 6.07 Å². The van der Waals surface area contributed by atoms with Crippen LogP contribution in [0, 0.1) is 0 Å². The molecule has 1 amide bonds. The molecule has 0 bridgehead atoms. The van der Waals surface area contributed by atoms with E-state index in [0.29, 0.717) is 12.1 Å². The fourth-order valence-electron chi connectivity index (χ4n) is 2.13. The van der Waals surface area contributed by atoms with Gasteiger partial charge in [-0.3, -0.25) is 4.79 Å². The van der Waals surface area contributed by atoms with Gasteiger partial charge in [-0.15, -0.1) is 0 Å². The van der Waals surface area contributed by atoms with Crippen molar-refractivity contribution >= 4 is 27.8 Å². The maximum Gasteiger partial charge on any atom is 0.331 e. The highest BCUT2D eigenvalue weighted by atomic mass is 79.9. The van der Waals surface area contributed by atoms with E-state index in [4.69, 9.17) is 9.47 Å². The Hall–Kier alpha value is -1.40. The number of ether oxygens (including phenoxy) is 2. The lowest BCUT2D eigenvalue weighted by Gasteiger charge is -2.24. The minimum Gasteiger partial charge on any atom is -0.467 e. The standard InChI is InChI=1S/C13H14BrNO4/c1-18-7-11(13(17)19-2)15-6-8-3-4-9(14)5-10(8)12(15)16/h3-5,11H,6-7H2,1-2H3. The Morgan fingerprint density at radius 1 is 1.47 bits per heavy atom. The summed E-state index contributed by atoms with van der Waals surface area (Å²) in [5.41, 5.74) is 1.51. The Labute approximate surface area is 119 Å². The number of nitrogens with zero attached hydrogens (tertiary/aromatic N) is 1. The number of fused-ring (bicyclic) bond motifs is 1. The van der Waals surface area contributed by atoms with Crippen molar-refractivity contribution in [3.63, 3.8) is 0 Å². The Morgan fingerprint density at radius 3 is 2.84 bits per heavy atom. The molecule has 0 saturated carbocycles. The molecular formula is C13H14BrNO4. The number of halogens is 1. The van der Waals surface area contributed by atoms with Crippen LogP contribution in [0.25, 0.3) is 0 Å². The van der Waals surface area contributed by atoms with Crippen molar-refractivity contribution in [2.24, 2.45) is 0 Å². The molecule has 1 atom stereocenters. The summed E-state index contributed by atoms with van der Waals surface area (Å²) in [6.45, 7) is 0.512. The molecule has 0 spiro atoms. The predicted octanol–water partition coefficient (Wildman–Crippen LogP) is 1.59. The molecule has 0 saturated heterocycles. The third kappa shape index (κ3) is 2.64. The van der Waals surface area contributed by atoms with Crippen LogP contribution in [0.4, 0.5) is 0 Å². The molecule has 1 aliphatic rings. The van der Waals surface area contributed by atoms with E-state index in [-0.39, 0.29) is 12.5 Å². The number of hydrogen-bond acceptors (Lipinski definition) is 4. The minimum atomic E-state index is -0.714. The van der Waals surface area contributed by atoms with Gasteiger partial charge in [0.15, 0.2) is 6.04 Å². The largest absolute Gasteiger partial charge is 0.467 e. The summed E-state index contributed by atoms with van der Waals surface area (Å²) in [4.78, 5) is 25.6. The average molecular weight is 328 g/mol. The van der Waals surface area contributed by atoms with Gasteiger partial charge >= 0.3 is 5.97 Å². The van der Waals surface area contributed by atoms with Gasteiger partial charge < -0.3 is 14.4 Å². The van der Waals surface area contributed by atoms with E-state index >= 15 is 0 Å². The topological polar surface area (TPSA) is 55.8 Å². The van der Waals surface area contributed by atoms with E-state index in [9.17, 15) is 9.59 Å². The van der Waals surface area contributed by atoms with Crippen LogP contribution in [0.1, 0.15) is 15.9 Å². The van der Waals surface area contributed by atoms with Crippen LogP contribution in [0.5, 0.6) is 0 Å². The van der Waals surface area contributed by atoms with E-state index < -0.39 is 12.0 Å². The van der Waals surface area contributed by atoms with E-state index in [2.05, 4.69) is 15.9 Å². The normalized spacial score (nSPS) is 15.3. The van der Waals surface area contributed by atoms with Gasteiger partial charge in [-0.2, -0.15) is 0 Å². The van der Waals surface area contributed by atoms with Crippen molar-refractivity contribution in [3.05, 3.63) is 33.8 Å². The van der Waals surface area contributed by atoms with Crippen molar-refractivity contribution in [3.8, 4) is 0 Å². The van der Waals surface area contributed by atoms with E-state index in [1.807, 2.05) is 12.1 Å². The number of amides is 1. The summed E-state index contributed by atoms with van der Waals surface area (Å²) in [6, 6.07) is 4.80. The first-order valence-corrected chi connectivity index (χ1v) is 6.54. The summed E-state index contributed by atoms with van der Waals surface area (Å²) in [7, 11) is 2.79. The highest BCUT2D eigenvalue weighted by Crippen LogP contribution is 2.27. The van der Waals surface area contributed by atoms with Gasteiger partial charge in [0.2, 0.25) is 0 Å². The van der Waals surface area contributed by atoms with Gasteiger partial charge in [-0.25, -0.2) is 4.79 Å². The quantitative estimate of drug-likeness (QED) is 0.788. The first-order chi connectivity index (χ1) is 9.08. The maximum absolute atomic E-state index is 12.3. The second-order valence-corrected chi connectivity index (χ2v) is 5.14. The third-order valence-electron chi connectivity index (χ3n) is 3.08. The number of methoxy groups -OCH3 is 2. The molecule has 1 aromatic carbocycles. The molecule has 5 nitrogen and oxygen atoms in total. The number of carbonyl (C=O) groups is 2. The number of esters is 1. The number of rotatable bonds is 4. The number of carbonyl (C=O) groups excluding carboxylic acids is 2. The predicted molar refractivity (Wildman–Crippen MR) is 71.7 cm³/mol. The highest BCUT2D eigenvalue weighted by Gasteiger charge is 2.37. The van der Waals surface area contributed by atoms with Gasteiger partial charge in [0, 0.05) is 23.7 Å². The maximum atomic E-state index is 12.3. The molecule has 0 aromatic heterocycles. The summed E-state index contributed by atoms with van der Waals surface area (Å²) in [5, 5.41) is 0. The summed E-state index contributed by atoms with van der Waals surface area (Å²) in [6.07, 6.45) is 0. The number of hydrogen-bond donors (Lipinski definition) is 0. The smallest absolute Gasteiger partial charge is 0.331 e. The molecular weight excluding hydrogens is 314 g/mol. The summed E-state index contributed by atoms with van der Waals surface area (Å²) >= 11 is 3.34. The molecule has 1 aliphatic heterocycles. The van der Waals surface area contributed by atoms with Gasteiger partial charge in [0.1, 0.15) is 0 Å². The van der Waals surface area contributed by atoms with Gasteiger partial charge in [0.25, 0.3) is 5.91 Å². The fraction of sp³-hybridized carbons (Fsp3) is 0.385. The van der Waals surface area contributed by atoms with Crippen LogP contribution in [-0.4, -0.2) is 43.6 Å². The molecule has 0 N–H and O–H groups in total. The highest BCUT2D eigenvalue weighted by molar-refractivity contribution is 9.10. The van der Waals surface area contributed by atoms with E-state index in [0.717, 1.165) is 10.0 Å². The van der Waals surface area contributed by atoms with Crippen LogP contribution in [0.3, 0.4) is 0 Å². The molecule has 0 fully saturated rings. The van der Waals surface area contributed by atoms with Crippen LogP contribution in [-0.2, 0) is 20.8 Å². The van der Waals surface area contributed by atoms with Crippen LogP contribution >= 0.6 is 15.9 Å². The molecule has 0 radical (unpaired) electrons. The molecule has 6 heteroatoms. The fourth-order valence-corrected chi connectivity index (χ4v) is 2.49. The molecule has 102 valence electrons. The molecule has 1 aromatic rings. The van der Waals surface area contributed by atoms with Crippen LogP contribution in [0.15, 0.2) is 22.7 Å². The van der Waals surface area contributed by atoms with Crippen molar-refractivity contribution < 1.29 is 19.1 Å². The van der Waals surface area contributed by atoms with Gasteiger partial charge in [-0.05, 0) is 17.7 Å². The van der Waals surface area contributed by atoms with E-state index in [1.165, 1.54) is 19.1 Å². The molecule has 0 aliphatic carbocycles. The minimum absolute atomic E-state index is 0.119. The SMILES string of the molecule is COCC(C(=O)OC)N1Cc2ccc(Br)cc2C1=O. The Balaban J connectivity index is 2.28. The van der Waals surface area contributed by atoms with Gasteiger partial charge in [-0.1, -0.05) is 22.0 Å². The zero-order valence-corrected chi connectivity index (χ0v) is 12.3. The second-order valence-electron chi connectivity index (χ2n) is 4.23. The first-order valence-electron chi connectivity index (χ1n) is 5.74. The Morgan fingerprint density at radius 2 is 2.21 bits per heavy atom. The molecule has 1 unspecified atom stereocenters. The molecule has 2 rings (SSSR count). The lowest BCUT2D eigenvalue weighted by molar-refractivity contribution is -0.148. The monoisotopic (exact) mass is 327 g/mol. The number of benzene rings is 1. The molecule has 1 heterocycles. The van der Waals surface area contributed by atoms with Crippen LogP contribution < -0.4 is 0 Å². The van der Waals surface area contributed by atoms with Crippen molar-refractivity contribution in [1.29, 1.82) is 0 Å². The zero-order valence-electron chi connectivity index (χ0n) is 10.7. The van der Waals surface area contributed by atoms with Crippen LogP contribution in [0.2, 0.25) is 0 Å². The third-order valence-corrected chi connectivity index (χ3v) is 3.57. The summed E-state index contributed by atoms with van der Waals surface area (Å²) < 4.78 is 10.6. The van der Waals surface area contributed by atoms with Crippen molar-refractivity contribution in [1.82, 2.24) is 4.90 Å². The zero-order chi connectivity index (χ0) is 14.0. The average Bonchev–Trinajstić information content (AvgIpc) is 2.72. The Kier molecular flexibility index (Phi) is 4.21. The lowest BCUT2D eigenvalue weighted by atomic mass is 10.1. The Bertz CT molecular complexity index is 517. The van der Waals surface area contributed by atoms with Gasteiger partial charge in [0.05, 0.1) is 13.7 Å². The van der Waals surface area contributed by atoms with Crippen molar-refractivity contribution in [2.75, 3.05) is 20.8 Å². The van der Waals surface area contributed by atoms with Crippen molar-refractivity contribution in [2.45, 2.75) is 12.6 Å².